The molecule has 1 atom stereocenters. The summed E-state index contributed by atoms with van der Waals surface area (Å²) < 4.78 is 26.2. The molecule has 0 spiro atoms. The SMILES string of the molecule is CCOC(=O)C1=C(COC)Nc2ncnn2C1c1ccccc1F. The van der Waals surface area contributed by atoms with E-state index in [0.717, 1.165) is 0 Å². The zero-order valence-corrected chi connectivity index (χ0v) is 13.3. The number of benzene rings is 1. The molecule has 3 rings (SSSR count). The minimum atomic E-state index is -0.783. The highest BCUT2D eigenvalue weighted by molar-refractivity contribution is 5.92. The predicted molar refractivity (Wildman–Crippen MR) is 83.7 cm³/mol. The number of carbonyl (C=O) groups excluding carboxylic acids is 1. The Bertz CT molecular complexity index is 787. The standard InChI is InChI=1S/C16H17FN4O3/c1-3-24-15(22)13-12(8-23-2)20-16-18-9-19-21(16)14(13)10-6-4-5-7-11(10)17/h4-7,9,14H,3,8H2,1-2H3,(H,18,19,20). The van der Waals surface area contributed by atoms with E-state index in [4.69, 9.17) is 9.47 Å². The Morgan fingerprint density at radius 3 is 2.92 bits per heavy atom. The van der Waals surface area contributed by atoms with Crippen LogP contribution in [0.1, 0.15) is 18.5 Å². The van der Waals surface area contributed by atoms with E-state index in [1.807, 2.05) is 0 Å². The van der Waals surface area contributed by atoms with Gasteiger partial charge >= 0.3 is 5.97 Å². The quantitative estimate of drug-likeness (QED) is 0.843. The molecule has 0 saturated heterocycles. The number of halogens is 1. The number of fused-ring (bicyclic) bond motifs is 1. The molecule has 8 heteroatoms. The van der Waals surface area contributed by atoms with Crippen LogP contribution in [0.4, 0.5) is 10.3 Å². The summed E-state index contributed by atoms with van der Waals surface area (Å²) in [6, 6.07) is 5.46. The molecule has 0 saturated carbocycles. The van der Waals surface area contributed by atoms with Crippen LogP contribution in [-0.4, -0.2) is 41.1 Å². The Morgan fingerprint density at radius 1 is 1.42 bits per heavy atom. The first-order valence-corrected chi connectivity index (χ1v) is 7.47. The van der Waals surface area contributed by atoms with Crippen molar-refractivity contribution >= 4 is 11.9 Å². The van der Waals surface area contributed by atoms with E-state index >= 15 is 0 Å². The molecular weight excluding hydrogens is 315 g/mol. The maximum atomic E-state index is 14.4. The minimum absolute atomic E-state index is 0.131. The number of hydrogen-bond acceptors (Lipinski definition) is 6. The molecule has 1 N–H and O–H groups in total. The molecule has 0 amide bonds. The summed E-state index contributed by atoms with van der Waals surface area (Å²) in [5.74, 6) is -0.584. The van der Waals surface area contributed by atoms with Gasteiger partial charge in [-0.2, -0.15) is 10.1 Å². The van der Waals surface area contributed by atoms with Crippen LogP contribution in [0, 0.1) is 5.82 Å². The molecule has 126 valence electrons. The number of methoxy groups -OCH3 is 1. The fourth-order valence-corrected chi connectivity index (χ4v) is 2.70. The second-order valence-electron chi connectivity index (χ2n) is 5.12. The molecule has 0 radical (unpaired) electrons. The van der Waals surface area contributed by atoms with Gasteiger partial charge in [-0.1, -0.05) is 18.2 Å². The molecule has 0 fully saturated rings. The lowest BCUT2D eigenvalue weighted by molar-refractivity contribution is -0.139. The largest absolute Gasteiger partial charge is 0.463 e. The Balaban J connectivity index is 2.20. The first-order valence-electron chi connectivity index (χ1n) is 7.47. The molecule has 0 aliphatic carbocycles. The maximum Gasteiger partial charge on any atom is 0.338 e. The van der Waals surface area contributed by atoms with E-state index in [0.29, 0.717) is 17.2 Å². The summed E-state index contributed by atoms with van der Waals surface area (Å²) in [7, 11) is 1.51. The molecule has 24 heavy (non-hydrogen) atoms. The third-order valence-corrected chi connectivity index (χ3v) is 3.66. The zero-order valence-electron chi connectivity index (χ0n) is 13.3. The monoisotopic (exact) mass is 332 g/mol. The highest BCUT2D eigenvalue weighted by Gasteiger charge is 2.36. The van der Waals surface area contributed by atoms with Crippen LogP contribution < -0.4 is 5.32 Å². The van der Waals surface area contributed by atoms with Crippen molar-refractivity contribution in [1.82, 2.24) is 14.8 Å². The van der Waals surface area contributed by atoms with Gasteiger partial charge in [-0.3, -0.25) is 0 Å². The summed E-state index contributed by atoms with van der Waals surface area (Å²) >= 11 is 0. The molecule has 2 aromatic rings. The van der Waals surface area contributed by atoms with Crippen LogP contribution in [-0.2, 0) is 14.3 Å². The second-order valence-corrected chi connectivity index (χ2v) is 5.12. The third kappa shape index (κ3) is 2.76. The molecular formula is C16H17FN4O3. The molecule has 1 aliphatic rings. The fraction of sp³-hybridized carbons (Fsp3) is 0.312. The lowest BCUT2D eigenvalue weighted by Gasteiger charge is -2.29. The van der Waals surface area contributed by atoms with Gasteiger partial charge in [0.1, 0.15) is 18.2 Å². The van der Waals surface area contributed by atoms with Crippen molar-refractivity contribution in [2.24, 2.45) is 0 Å². The number of rotatable bonds is 5. The number of esters is 1. The zero-order chi connectivity index (χ0) is 17.1. The van der Waals surface area contributed by atoms with E-state index in [9.17, 15) is 9.18 Å². The van der Waals surface area contributed by atoms with Gasteiger partial charge in [0.05, 0.1) is 24.5 Å². The summed E-state index contributed by atoms with van der Waals surface area (Å²) in [6.07, 6.45) is 1.34. The van der Waals surface area contributed by atoms with Crippen molar-refractivity contribution in [3.63, 3.8) is 0 Å². The Kier molecular flexibility index (Phi) is 4.57. The molecule has 2 heterocycles. The van der Waals surface area contributed by atoms with Gasteiger partial charge in [0.25, 0.3) is 0 Å². The lowest BCUT2D eigenvalue weighted by Crippen LogP contribution is -2.32. The molecule has 1 aromatic heterocycles. The Morgan fingerprint density at radius 2 is 2.21 bits per heavy atom. The Hall–Kier alpha value is -2.74. The first kappa shape index (κ1) is 16.1. The summed E-state index contributed by atoms with van der Waals surface area (Å²) in [6.45, 7) is 2.05. The average Bonchev–Trinajstić information content (AvgIpc) is 3.03. The highest BCUT2D eigenvalue weighted by atomic mass is 19.1. The van der Waals surface area contributed by atoms with Crippen LogP contribution in [0.2, 0.25) is 0 Å². The van der Waals surface area contributed by atoms with E-state index < -0.39 is 17.8 Å². The van der Waals surface area contributed by atoms with Crippen LogP contribution in [0.25, 0.3) is 0 Å². The van der Waals surface area contributed by atoms with Crippen molar-refractivity contribution in [1.29, 1.82) is 0 Å². The number of anilines is 1. The average molecular weight is 332 g/mol. The van der Waals surface area contributed by atoms with Crippen LogP contribution in [0.15, 0.2) is 41.9 Å². The number of ether oxygens (including phenoxy) is 2. The van der Waals surface area contributed by atoms with Crippen LogP contribution in [0.3, 0.4) is 0 Å². The third-order valence-electron chi connectivity index (χ3n) is 3.66. The van der Waals surface area contributed by atoms with Gasteiger partial charge in [0, 0.05) is 12.7 Å². The van der Waals surface area contributed by atoms with E-state index in [1.165, 1.54) is 24.2 Å². The van der Waals surface area contributed by atoms with E-state index in [2.05, 4.69) is 15.4 Å². The van der Waals surface area contributed by atoms with Crippen LogP contribution in [0.5, 0.6) is 0 Å². The number of nitrogens with one attached hydrogen (secondary N) is 1. The number of nitrogens with zero attached hydrogens (tertiary/aromatic N) is 3. The van der Waals surface area contributed by atoms with Gasteiger partial charge in [-0.15, -0.1) is 0 Å². The van der Waals surface area contributed by atoms with Crippen molar-refractivity contribution < 1.29 is 18.7 Å². The maximum absolute atomic E-state index is 14.4. The van der Waals surface area contributed by atoms with Gasteiger partial charge in [-0.05, 0) is 13.0 Å². The number of hydrogen-bond donors (Lipinski definition) is 1. The summed E-state index contributed by atoms with van der Waals surface area (Å²) in [4.78, 5) is 16.7. The van der Waals surface area contributed by atoms with Crippen molar-refractivity contribution in [2.45, 2.75) is 13.0 Å². The molecule has 1 aliphatic heterocycles. The van der Waals surface area contributed by atoms with Gasteiger partial charge in [0.2, 0.25) is 5.95 Å². The van der Waals surface area contributed by atoms with Crippen LogP contribution >= 0.6 is 0 Å². The summed E-state index contributed by atoms with van der Waals surface area (Å²) in [5.41, 5.74) is 1.04. The van der Waals surface area contributed by atoms with Gasteiger partial charge in [-0.25, -0.2) is 13.9 Å². The predicted octanol–water partition coefficient (Wildman–Crippen LogP) is 1.90. The number of carbonyl (C=O) groups is 1. The molecule has 1 aromatic carbocycles. The van der Waals surface area contributed by atoms with Gasteiger partial charge < -0.3 is 14.8 Å². The Labute approximate surface area is 138 Å². The van der Waals surface area contributed by atoms with Gasteiger partial charge in [0.15, 0.2) is 0 Å². The smallest absolute Gasteiger partial charge is 0.338 e. The van der Waals surface area contributed by atoms with Crippen molar-refractivity contribution in [3.8, 4) is 0 Å². The molecule has 0 bridgehead atoms. The fourth-order valence-electron chi connectivity index (χ4n) is 2.70. The molecule has 1 unspecified atom stereocenters. The summed E-state index contributed by atoms with van der Waals surface area (Å²) in [5, 5.41) is 7.14. The normalized spacial score (nSPS) is 16.5. The van der Waals surface area contributed by atoms with Crippen molar-refractivity contribution in [3.05, 3.63) is 53.2 Å². The number of aromatic nitrogens is 3. The van der Waals surface area contributed by atoms with E-state index in [1.54, 1.807) is 25.1 Å². The second kappa shape index (κ2) is 6.79. The minimum Gasteiger partial charge on any atom is -0.463 e. The highest BCUT2D eigenvalue weighted by Crippen LogP contribution is 2.36. The first-order chi connectivity index (χ1) is 11.7. The molecule has 7 nitrogen and oxygen atoms in total. The lowest BCUT2D eigenvalue weighted by atomic mass is 9.95. The van der Waals surface area contributed by atoms with E-state index in [-0.39, 0.29) is 18.8 Å². The topological polar surface area (TPSA) is 78.3 Å². The van der Waals surface area contributed by atoms with Crippen molar-refractivity contribution in [2.75, 3.05) is 25.6 Å².